The highest BCUT2D eigenvalue weighted by molar-refractivity contribution is 5.71. The molecule has 1 rings (SSSR count). The first kappa shape index (κ1) is 14.5. The molecule has 0 saturated heterocycles. The van der Waals surface area contributed by atoms with Crippen LogP contribution in [0.3, 0.4) is 0 Å². The van der Waals surface area contributed by atoms with E-state index in [1.54, 1.807) is 0 Å². The number of carbonyl (C=O) groups excluding carboxylic acids is 1. The Morgan fingerprint density at radius 2 is 1.83 bits per heavy atom. The topological polar surface area (TPSA) is 47.6 Å². The average molecular weight is 251 g/mol. The Balaban J connectivity index is 2.53. The van der Waals surface area contributed by atoms with Crippen molar-refractivity contribution >= 4 is 5.97 Å². The fourth-order valence-electron chi connectivity index (χ4n) is 1.53. The molecule has 0 fully saturated rings. The largest absolute Gasteiger partial charge is 0.491 e. The second-order valence-electron chi connectivity index (χ2n) is 4.41. The fraction of sp³-hybridized carbons (Fsp3) is 0.500. The average Bonchev–Trinajstić information content (AvgIpc) is 2.35. The summed E-state index contributed by atoms with van der Waals surface area (Å²) in [6, 6.07) is 7.95. The van der Waals surface area contributed by atoms with E-state index >= 15 is 0 Å². The number of esters is 1. The quantitative estimate of drug-likeness (QED) is 0.788. The molecule has 18 heavy (non-hydrogen) atoms. The summed E-state index contributed by atoms with van der Waals surface area (Å²) < 4.78 is 10.1. The number of benzene rings is 1. The van der Waals surface area contributed by atoms with Crippen molar-refractivity contribution in [3.63, 3.8) is 0 Å². The molecule has 1 N–H and O–H groups in total. The first-order valence-electron chi connectivity index (χ1n) is 6.09. The molecule has 1 aromatic carbocycles. The van der Waals surface area contributed by atoms with Crippen LogP contribution in [-0.4, -0.2) is 25.7 Å². The predicted molar refractivity (Wildman–Crippen MR) is 70.6 cm³/mol. The second kappa shape index (κ2) is 7.01. The van der Waals surface area contributed by atoms with Crippen LogP contribution in [0.25, 0.3) is 0 Å². The van der Waals surface area contributed by atoms with Crippen molar-refractivity contribution in [2.24, 2.45) is 0 Å². The molecular weight excluding hydrogens is 230 g/mol. The molecule has 0 aromatic heterocycles. The molecule has 100 valence electrons. The minimum Gasteiger partial charge on any atom is -0.491 e. The van der Waals surface area contributed by atoms with Gasteiger partial charge < -0.3 is 14.8 Å². The number of hydrogen-bond acceptors (Lipinski definition) is 4. The predicted octanol–water partition coefficient (Wildman–Crippen LogP) is 2.30. The van der Waals surface area contributed by atoms with Gasteiger partial charge in [-0.25, -0.2) is 0 Å². The lowest BCUT2D eigenvalue weighted by atomic mass is 10.1. The van der Waals surface area contributed by atoms with Crippen molar-refractivity contribution in [2.45, 2.75) is 32.9 Å². The van der Waals surface area contributed by atoms with Gasteiger partial charge in [-0.2, -0.15) is 0 Å². The van der Waals surface area contributed by atoms with Crippen LogP contribution in [0.4, 0.5) is 0 Å². The number of ether oxygens (including phenoxy) is 2. The summed E-state index contributed by atoms with van der Waals surface area (Å²) in [5.74, 6) is 0.593. The monoisotopic (exact) mass is 251 g/mol. The smallest absolute Gasteiger partial charge is 0.319 e. The molecule has 0 saturated carbocycles. The molecule has 0 bridgehead atoms. The van der Waals surface area contributed by atoms with Crippen molar-refractivity contribution in [3.8, 4) is 5.75 Å². The van der Waals surface area contributed by atoms with E-state index in [0.29, 0.717) is 0 Å². The van der Waals surface area contributed by atoms with E-state index in [0.717, 1.165) is 11.3 Å². The summed E-state index contributed by atoms with van der Waals surface area (Å²) in [5.41, 5.74) is 1.11. The van der Waals surface area contributed by atoms with Gasteiger partial charge in [-0.05, 0) is 38.5 Å². The summed E-state index contributed by atoms with van der Waals surface area (Å²) in [6.45, 7) is 6.20. The highest BCUT2D eigenvalue weighted by atomic mass is 16.5. The second-order valence-corrected chi connectivity index (χ2v) is 4.41. The molecule has 1 aromatic rings. The third kappa shape index (κ3) is 4.75. The lowest BCUT2D eigenvalue weighted by Crippen LogP contribution is -2.26. The maximum absolute atomic E-state index is 11.0. The van der Waals surface area contributed by atoms with Gasteiger partial charge >= 0.3 is 5.97 Å². The molecule has 4 nitrogen and oxygen atoms in total. The molecule has 4 heteroatoms. The Morgan fingerprint density at radius 3 is 2.33 bits per heavy atom. The van der Waals surface area contributed by atoms with E-state index in [1.165, 1.54) is 7.11 Å². The van der Waals surface area contributed by atoms with Gasteiger partial charge in [-0.1, -0.05) is 12.1 Å². The van der Waals surface area contributed by atoms with Crippen molar-refractivity contribution in [1.82, 2.24) is 5.32 Å². The van der Waals surface area contributed by atoms with Crippen LogP contribution >= 0.6 is 0 Å². The van der Waals surface area contributed by atoms with Crippen LogP contribution in [0.1, 0.15) is 32.4 Å². The Kier molecular flexibility index (Phi) is 5.65. The Hall–Kier alpha value is -1.55. The van der Waals surface area contributed by atoms with Crippen LogP contribution < -0.4 is 10.1 Å². The minimum atomic E-state index is -0.262. The Labute approximate surface area is 108 Å². The van der Waals surface area contributed by atoms with Gasteiger partial charge in [-0.15, -0.1) is 0 Å². The SMILES string of the molecule is COC(=O)CNC(C)c1ccc(OC(C)C)cc1. The number of carbonyl (C=O) groups is 1. The van der Waals surface area contributed by atoms with Crippen molar-refractivity contribution < 1.29 is 14.3 Å². The molecule has 0 heterocycles. The molecule has 0 amide bonds. The zero-order chi connectivity index (χ0) is 13.5. The Bertz CT molecular complexity index is 373. The number of methoxy groups -OCH3 is 1. The molecule has 1 unspecified atom stereocenters. The lowest BCUT2D eigenvalue weighted by molar-refractivity contribution is -0.139. The summed E-state index contributed by atoms with van der Waals surface area (Å²) in [7, 11) is 1.38. The lowest BCUT2D eigenvalue weighted by Gasteiger charge is -2.15. The number of hydrogen-bond donors (Lipinski definition) is 1. The highest BCUT2D eigenvalue weighted by Crippen LogP contribution is 2.18. The highest BCUT2D eigenvalue weighted by Gasteiger charge is 2.08. The third-order valence-electron chi connectivity index (χ3n) is 2.53. The zero-order valence-corrected chi connectivity index (χ0v) is 11.4. The van der Waals surface area contributed by atoms with Crippen LogP contribution in [-0.2, 0) is 9.53 Å². The van der Waals surface area contributed by atoms with E-state index in [4.69, 9.17) is 4.74 Å². The van der Waals surface area contributed by atoms with E-state index in [9.17, 15) is 4.79 Å². The van der Waals surface area contributed by atoms with E-state index in [1.807, 2.05) is 45.0 Å². The van der Waals surface area contributed by atoms with Crippen LogP contribution in [0, 0.1) is 0 Å². The summed E-state index contributed by atoms with van der Waals surface area (Å²) in [4.78, 5) is 11.0. The summed E-state index contributed by atoms with van der Waals surface area (Å²) >= 11 is 0. The molecule has 0 aliphatic carbocycles. The van der Waals surface area contributed by atoms with Gasteiger partial charge in [0.2, 0.25) is 0 Å². The maximum atomic E-state index is 11.0. The van der Waals surface area contributed by atoms with Crippen LogP contribution in [0.5, 0.6) is 5.75 Å². The van der Waals surface area contributed by atoms with Crippen molar-refractivity contribution in [3.05, 3.63) is 29.8 Å². The molecule has 0 aliphatic heterocycles. The summed E-state index contributed by atoms with van der Waals surface area (Å²) in [6.07, 6.45) is 0.172. The normalized spacial score (nSPS) is 12.3. The van der Waals surface area contributed by atoms with Gasteiger partial charge in [0.1, 0.15) is 5.75 Å². The molecule has 0 aliphatic rings. The molecular formula is C14H21NO3. The molecule has 0 radical (unpaired) electrons. The van der Waals surface area contributed by atoms with Gasteiger partial charge in [0, 0.05) is 6.04 Å². The maximum Gasteiger partial charge on any atom is 0.319 e. The standard InChI is InChI=1S/C14H21NO3/c1-10(2)18-13-7-5-12(6-8-13)11(3)15-9-14(16)17-4/h5-8,10-11,15H,9H2,1-4H3. The fourth-order valence-corrected chi connectivity index (χ4v) is 1.53. The van der Waals surface area contributed by atoms with E-state index in [-0.39, 0.29) is 24.7 Å². The number of nitrogens with one attached hydrogen (secondary N) is 1. The zero-order valence-electron chi connectivity index (χ0n) is 11.4. The van der Waals surface area contributed by atoms with Crippen LogP contribution in [0.2, 0.25) is 0 Å². The minimum absolute atomic E-state index is 0.0946. The van der Waals surface area contributed by atoms with Gasteiger partial charge in [-0.3, -0.25) is 4.79 Å². The third-order valence-corrected chi connectivity index (χ3v) is 2.53. The molecule has 1 atom stereocenters. The Morgan fingerprint density at radius 1 is 1.22 bits per heavy atom. The van der Waals surface area contributed by atoms with Gasteiger partial charge in [0.05, 0.1) is 19.8 Å². The number of rotatable bonds is 6. The molecule has 0 spiro atoms. The summed E-state index contributed by atoms with van der Waals surface area (Å²) in [5, 5.41) is 3.09. The van der Waals surface area contributed by atoms with Gasteiger partial charge in [0.15, 0.2) is 0 Å². The van der Waals surface area contributed by atoms with E-state index in [2.05, 4.69) is 10.1 Å². The van der Waals surface area contributed by atoms with Gasteiger partial charge in [0.25, 0.3) is 0 Å². The van der Waals surface area contributed by atoms with E-state index < -0.39 is 0 Å². The van der Waals surface area contributed by atoms with Crippen molar-refractivity contribution in [1.29, 1.82) is 0 Å². The first-order valence-corrected chi connectivity index (χ1v) is 6.09. The first-order chi connectivity index (χ1) is 8.52. The van der Waals surface area contributed by atoms with Crippen LogP contribution in [0.15, 0.2) is 24.3 Å². The van der Waals surface area contributed by atoms with Crippen molar-refractivity contribution in [2.75, 3.05) is 13.7 Å².